The number of esters is 1. The van der Waals surface area contributed by atoms with Crippen molar-refractivity contribution in [3.63, 3.8) is 0 Å². The van der Waals surface area contributed by atoms with Gasteiger partial charge < -0.3 is 20.2 Å². The van der Waals surface area contributed by atoms with E-state index in [-0.39, 0.29) is 37.4 Å². The molecule has 3 N–H and O–H groups in total. The highest BCUT2D eigenvalue weighted by atomic mass is 19.1. The molecule has 0 aliphatic carbocycles. The van der Waals surface area contributed by atoms with Crippen LogP contribution in [0.15, 0.2) is 65.3 Å². The number of ether oxygens (including phenoxy) is 1. The van der Waals surface area contributed by atoms with Gasteiger partial charge in [0.1, 0.15) is 17.7 Å². The van der Waals surface area contributed by atoms with Crippen LogP contribution < -0.4 is 11.1 Å². The average molecular weight is 485 g/mol. The summed E-state index contributed by atoms with van der Waals surface area (Å²) in [7, 11) is 0. The van der Waals surface area contributed by atoms with Gasteiger partial charge in [-0.05, 0) is 53.8 Å². The van der Waals surface area contributed by atoms with Crippen LogP contribution in [0.25, 0.3) is 0 Å². The molecule has 1 heterocycles. The summed E-state index contributed by atoms with van der Waals surface area (Å²) in [5.41, 5.74) is 8.95. The molecular weight excluding hydrogens is 454 g/mol. The molecule has 35 heavy (non-hydrogen) atoms. The number of nitrogens with one attached hydrogen (secondary N) is 1. The van der Waals surface area contributed by atoms with E-state index in [0.29, 0.717) is 12.1 Å². The zero-order valence-electron chi connectivity index (χ0n) is 19.6. The van der Waals surface area contributed by atoms with Crippen LogP contribution in [0.4, 0.5) is 8.78 Å². The standard InChI is InChI=1S/C27H30F2N2O4/c1-2-18-5-3-6-19(11-18)16-31-17-26(23(30)14-20-12-21(28)15-22(29)13-20)35-27(33)9-8-24(32)25-7-4-10-34-25/h3-7,10-13,15,23,26,31H,2,8-9,14,16-17,30H2,1H3/t23-,26+/m0/s1. The lowest BCUT2D eigenvalue weighted by Gasteiger charge is -2.25. The first-order valence-electron chi connectivity index (χ1n) is 11.6. The number of halogens is 2. The summed E-state index contributed by atoms with van der Waals surface area (Å²) in [4.78, 5) is 24.6. The monoisotopic (exact) mass is 484 g/mol. The Labute approximate surface area is 203 Å². The van der Waals surface area contributed by atoms with Crippen LogP contribution in [-0.4, -0.2) is 30.4 Å². The number of carbonyl (C=O) groups excluding carboxylic acids is 2. The summed E-state index contributed by atoms with van der Waals surface area (Å²) >= 11 is 0. The van der Waals surface area contributed by atoms with Crippen LogP contribution in [0.2, 0.25) is 0 Å². The smallest absolute Gasteiger partial charge is 0.306 e. The van der Waals surface area contributed by atoms with Gasteiger partial charge >= 0.3 is 5.97 Å². The molecular formula is C27H30F2N2O4. The molecule has 8 heteroatoms. The van der Waals surface area contributed by atoms with Gasteiger partial charge in [-0.3, -0.25) is 9.59 Å². The fourth-order valence-corrected chi connectivity index (χ4v) is 3.73. The summed E-state index contributed by atoms with van der Waals surface area (Å²) in [6, 6.07) is 13.7. The van der Waals surface area contributed by atoms with Gasteiger partial charge in [0, 0.05) is 31.6 Å². The Bertz CT molecular complexity index is 1100. The van der Waals surface area contributed by atoms with Crippen LogP contribution in [-0.2, 0) is 28.9 Å². The van der Waals surface area contributed by atoms with E-state index in [0.717, 1.165) is 18.1 Å². The maximum atomic E-state index is 13.6. The zero-order chi connectivity index (χ0) is 25.2. The van der Waals surface area contributed by atoms with Gasteiger partial charge in [-0.25, -0.2) is 8.78 Å². The van der Waals surface area contributed by atoms with Crippen molar-refractivity contribution in [3.05, 3.63) is 94.9 Å². The van der Waals surface area contributed by atoms with Crippen LogP contribution in [0.3, 0.4) is 0 Å². The number of carbonyl (C=O) groups is 2. The molecule has 0 fully saturated rings. The van der Waals surface area contributed by atoms with Crippen molar-refractivity contribution in [2.45, 2.75) is 51.3 Å². The number of furan rings is 1. The SMILES string of the molecule is CCc1cccc(CNC[C@@H](OC(=O)CCC(=O)c2ccco2)[C@@H](N)Cc2cc(F)cc(F)c2)c1. The molecule has 0 saturated carbocycles. The minimum Gasteiger partial charge on any atom is -0.461 e. The van der Waals surface area contributed by atoms with Crippen molar-refractivity contribution in [3.8, 4) is 0 Å². The maximum Gasteiger partial charge on any atom is 0.306 e. The molecule has 186 valence electrons. The third-order valence-corrected chi connectivity index (χ3v) is 5.58. The van der Waals surface area contributed by atoms with Crippen molar-refractivity contribution < 1.29 is 27.5 Å². The molecule has 3 aromatic rings. The van der Waals surface area contributed by atoms with E-state index in [1.54, 1.807) is 6.07 Å². The minimum atomic E-state index is -0.776. The van der Waals surface area contributed by atoms with Gasteiger partial charge in [-0.1, -0.05) is 31.2 Å². The molecule has 2 atom stereocenters. The van der Waals surface area contributed by atoms with Crippen LogP contribution in [0.1, 0.15) is 47.0 Å². The van der Waals surface area contributed by atoms with Gasteiger partial charge in [0.15, 0.2) is 11.5 Å². The van der Waals surface area contributed by atoms with Gasteiger partial charge in [0.05, 0.1) is 12.7 Å². The Morgan fingerprint density at radius 1 is 1.00 bits per heavy atom. The molecule has 0 aliphatic heterocycles. The summed E-state index contributed by atoms with van der Waals surface area (Å²) in [5.74, 6) is -2.13. The van der Waals surface area contributed by atoms with E-state index >= 15 is 0 Å². The molecule has 0 bridgehead atoms. The lowest BCUT2D eigenvalue weighted by molar-refractivity contribution is -0.149. The zero-order valence-corrected chi connectivity index (χ0v) is 19.6. The molecule has 6 nitrogen and oxygen atoms in total. The molecule has 0 saturated heterocycles. The Hall–Kier alpha value is -3.36. The molecule has 1 aromatic heterocycles. The molecule has 0 unspecified atom stereocenters. The number of nitrogens with two attached hydrogens (primary N) is 1. The number of hydrogen-bond donors (Lipinski definition) is 2. The predicted molar refractivity (Wildman–Crippen MR) is 128 cm³/mol. The van der Waals surface area contributed by atoms with Crippen molar-refractivity contribution in [2.24, 2.45) is 5.73 Å². The van der Waals surface area contributed by atoms with Gasteiger partial charge in [-0.15, -0.1) is 0 Å². The number of aryl methyl sites for hydroxylation is 1. The number of ketones is 1. The number of hydrogen-bond acceptors (Lipinski definition) is 6. The van der Waals surface area contributed by atoms with Gasteiger partial charge in [0.25, 0.3) is 0 Å². The van der Waals surface area contributed by atoms with E-state index in [4.69, 9.17) is 14.9 Å². The predicted octanol–water partition coefficient (Wildman–Crippen LogP) is 4.35. The second kappa shape index (κ2) is 12.9. The average Bonchev–Trinajstić information content (AvgIpc) is 3.36. The summed E-state index contributed by atoms with van der Waals surface area (Å²) in [6.45, 7) is 2.83. The normalized spacial score (nSPS) is 12.8. The lowest BCUT2D eigenvalue weighted by Crippen LogP contribution is -2.46. The molecule has 3 rings (SSSR count). The third kappa shape index (κ3) is 8.42. The second-order valence-electron chi connectivity index (χ2n) is 8.38. The number of Topliss-reactive ketones (excluding diaryl/α,β-unsaturated/α-hetero) is 1. The first-order valence-corrected chi connectivity index (χ1v) is 11.6. The fraction of sp³-hybridized carbons (Fsp3) is 0.333. The van der Waals surface area contributed by atoms with Crippen molar-refractivity contribution in [1.82, 2.24) is 5.32 Å². The lowest BCUT2D eigenvalue weighted by atomic mass is 10.0. The summed E-state index contributed by atoms with van der Waals surface area (Å²) in [6.07, 6.45) is 1.42. The quantitative estimate of drug-likeness (QED) is 0.277. The van der Waals surface area contributed by atoms with E-state index in [1.807, 2.05) is 18.2 Å². The largest absolute Gasteiger partial charge is 0.461 e. The van der Waals surface area contributed by atoms with Crippen molar-refractivity contribution >= 4 is 11.8 Å². The highest BCUT2D eigenvalue weighted by Gasteiger charge is 2.24. The summed E-state index contributed by atoms with van der Waals surface area (Å²) in [5, 5.41) is 3.25. The highest BCUT2D eigenvalue weighted by molar-refractivity contribution is 5.95. The third-order valence-electron chi connectivity index (χ3n) is 5.58. The molecule has 0 amide bonds. The molecule has 0 radical (unpaired) electrons. The van der Waals surface area contributed by atoms with Crippen molar-refractivity contribution in [2.75, 3.05) is 6.54 Å². The number of benzene rings is 2. The van der Waals surface area contributed by atoms with Crippen molar-refractivity contribution in [1.29, 1.82) is 0 Å². The maximum absolute atomic E-state index is 13.6. The Morgan fingerprint density at radius 2 is 1.74 bits per heavy atom. The van der Waals surface area contributed by atoms with Crippen LogP contribution >= 0.6 is 0 Å². The highest BCUT2D eigenvalue weighted by Crippen LogP contribution is 2.14. The van der Waals surface area contributed by atoms with Gasteiger partial charge in [0.2, 0.25) is 0 Å². The molecule has 0 spiro atoms. The van der Waals surface area contributed by atoms with Crippen LogP contribution in [0, 0.1) is 11.6 Å². The first-order chi connectivity index (χ1) is 16.8. The Morgan fingerprint density at radius 3 is 2.43 bits per heavy atom. The summed E-state index contributed by atoms with van der Waals surface area (Å²) < 4.78 is 37.9. The molecule has 0 aliphatic rings. The van der Waals surface area contributed by atoms with Crippen LogP contribution in [0.5, 0.6) is 0 Å². The van der Waals surface area contributed by atoms with E-state index in [1.165, 1.54) is 30.0 Å². The molecule has 2 aromatic carbocycles. The Kier molecular flexibility index (Phi) is 9.69. The fourth-order valence-electron chi connectivity index (χ4n) is 3.73. The Balaban J connectivity index is 1.62. The minimum absolute atomic E-state index is 0.0688. The number of rotatable bonds is 13. The van der Waals surface area contributed by atoms with E-state index in [2.05, 4.69) is 18.3 Å². The second-order valence-corrected chi connectivity index (χ2v) is 8.38. The first kappa shape index (κ1) is 26.2. The van der Waals surface area contributed by atoms with E-state index in [9.17, 15) is 18.4 Å². The van der Waals surface area contributed by atoms with Gasteiger partial charge in [-0.2, -0.15) is 0 Å². The van der Waals surface area contributed by atoms with E-state index < -0.39 is 29.7 Å². The topological polar surface area (TPSA) is 94.6 Å².